The van der Waals surface area contributed by atoms with Gasteiger partial charge in [-0.05, 0) is 12.5 Å². The molecule has 3 heterocycles. The third-order valence-corrected chi connectivity index (χ3v) is 4.88. The maximum Gasteiger partial charge on any atom is 0.206 e. The maximum absolute atomic E-state index is 13.9. The van der Waals surface area contributed by atoms with Crippen molar-refractivity contribution in [3.05, 3.63) is 59.2 Å². The van der Waals surface area contributed by atoms with E-state index < -0.39 is 23.8 Å². The van der Waals surface area contributed by atoms with Crippen LogP contribution in [0.2, 0.25) is 0 Å². The first-order valence-corrected chi connectivity index (χ1v) is 8.78. The standard InChI is InChI=1S/C19H17F3N6/c1-24-11-2-3-12(25-8-11)9-28-18-7-15(22)14(21)6-17(18)26-19(28)27-5-4-13(20)16(23)10-27/h2-3,6-8,13,16H,4-5,9-10,23H2/t13-,16-/m1/s1. The Morgan fingerprint density at radius 1 is 1.25 bits per heavy atom. The SMILES string of the molecule is [C-]#[N+]c1ccc(Cn2c(N3CC[C@@H](F)[C@H](N)C3)nc3cc(F)c(F)cc32)nc1. The van der Waals surface area contributed by atoms with Crippen molar-refractivity contribution in [2.24, 2.45) is 5.73 Å². The van der Waals surface area contributed by atoms with E-state index in [-0.39, 0.29) is 19.5 Å². The number of fused-ring (bicyclic) bond motifs is 1. The number of imidazole rings is 1. The number of hydrogen-bond acceptors (Lipinski definition) is 4. The van der Waals surface area contributed by atoms with Crippen LogP contribution in [0.25, 0.3) is 15.9 Å². The van der Waals surface area contributed by atoms with Crippen molar-refractivity contribution in [3.63, 3.8) is 0 Å². The first-order chi connectivity index (χ1) is 13.5. The highest BCUT2D eigenvalue weighted by molar-refractivity contribution is 5.79. The van der Waals surface area contributed by atoms with Crippen LogP contribution in [0.5, 0.6) is 0 Å². The summed E-state index contributed by atoms with van der Waals surface area (Å²) in [6.45, 7) is 7.89. The molecule has 0 aliphatic carbocycles. The highest BCUT2D eigenvalue weighted by Crippen LogP contribution is 2.28. The van der Waals surface area contributed by atoms with Crippen molar-refractivity contribution in [2.75, 3.05) is 18.0 Å². The molecule has 4 rings (SSSR count). The molecular weight excluding hydrogens is 369 g/mol. The van der Waals surface area contributed by atoms with Gasteiger partial charge in [0.25, 0.3) is 0 Å². The molecule has 0 radical (unpaired) electrons. The van der Waals surface area contributed by atoms with Gasteiger partial charge >= 0.3 is 0 Å². The molecule has 1 aromatic carbocycles. The van der Waals surface area contributed by atoms with E-state index in [4.69, 9.17) is 12.3 Å². The number of rotatable bonds is 3. The Hall–Kier alpha value is -3.12. The second kappa shape index (κ2) is 7.13. The van der Waals surface area contributed by atoms with Crippen LogP contribution in [0.3, 0.4) is 0 Å². The van der Waals surface area contributed by atoms with Crippen molar-refractivity contribution >= 4 is 22.7 Å². The summed E-state index contributed by atoms with van der Waals surface area (Å²) in [7, 11) is 0. The number of anilines is 1. The molecule has 3 aromatic rings. The van der Waals surface area contributed by atoms with E-state index in [0.717, 1.165) is 12.1 Å². The number of aromatic nitrogens is 3. The number of piperidine rings is 1. The van der Waals surface area contributed by atoms with Crippen LogP contribution >= 0.6 is 0 Å². The Morgan fingerprint density at radius 3 is 2.71 bits per heavy atom. The lowest BCUT2D eigenvalue weighted by Crippen LogP contribution is -2.50. The Morgan fingerprint density at radius 2 is 2.04 bits per heavy atom. The predicted molar refractivity (Wildman–Crippen MR) is 99.0 cm³/mol. The van der Waals surface area contributed by atoms with Gasteiger partial charge in [-0.15, -0.1) is 0 Å². The number of alkyl halides is 1. The molecule has 0 spiro atoms. The van der Waals surface area contributed by atoms with Gasteiger partial charge in [-0.2, -0.15) is 0 Å². The maximum atomic E-state index is 13.9. The monoisotopic (exact) mass is 386 g/mol. The summed E-state index contributed by atoms with van der Waals surface area (Å²) in [5, 5.41) is 0. The fraction of sp³-hybridized carbons (Fsp3) is 0.316. The lowest BCUT2D eigenvalue weighted by Gasteiger charge is -2.34. The molecule has 0 amide bonds. The number of hydrogen-bond donors (Lipinski definition) is 1. The quantitative estimate of drug-likeness (QED) is 0.703. The van der Waals surface area contributed by atoms with E-state index in [0.29, 0.717) is 34.9 Å². The van der Waals surface area contributed by atoms with E-state index in [1.54, 1.807) is 16.7 Å². The zero-order valence-corrected chi connectivity index (χ0v) is 14.8. The molecule has 6 nitrogen and oxygen atoms in total. The molecule has 0 bridgehead atoms. The summed E-state index contributed by atoms with van der Waals surface area (Å²) in [5.41, 5.74) is 7.60. The Kier molecular flexibility index (Phi) is 4.65. The van der Waals surface area contributed by atoms with Crippen LogP contribution in [0.4, 0.5) is 24.8 Å². The minimum Gasteiger partial charge on any atom is -0.340 e. The predicted octanol–water partition coefficient (Wildman–Crippen LogP) is 3.18. The lowest BCUT2D eigenvalue weighted by molar-refractivity contribution is 0.243. The Labute approximate surface area is 159 Å². The van der Waals surface area contributed by atoms with Crippen LogP contribution in [0.15, 0.2) is 30.5 Å². The van der Waals surface area contributed by atoms with Crippen molar-refractivity contribution < 1.29 is 13.2 Å². The summed E-state index contributed by atoms with van der Waals surface area (Å²) < 4.78 is 43.1. The molecule has 0 unspecified atom stereocenters. The van der Waals surface area contributed by atoms with Gasteiger partial charge in [-0.1, -0.05) is 6.07 Å². The van der Waals surface area contributed by atoms with Gasteiger partial charge in [0.2, 0.25) is 11.6 Å². The average Bonchev–Trinajstić information content (AvgIpc) is 3.02. The minimum atomic E-state index is -1.09. The summed E-state index contributed by atoms with van der Waals surface area (Å²) in [5.74, 6) is -1.50. The highest BCUT2D eigenvalue weighted by atomic mass is 19.2. The molecule has 9 heteroatoms. The van der Waals surface area contributed by atoms with E-state index in [1.165, 1.54) is 6.20 Å². The minimum absolute atomic E-state index is 0.236. The summed E-state index contributed by atoms with van der Waals surface area (Å²) >= 11 is 0. The highest BCUT2D eigenvalue weighted by Gasteiger charge is 2.29. The van der Waals surface area contributed by atoms with E-state index >= 15 is 0 Å². The summed E-state index contributed by atoms with van der Waals surface area (Å²) in [6, 6.07) is 4.81. The number of pyridine rings is 1. The first-order valence-electron chi connectivity index (χ1n) is 8.78. The molecular formula is C19H17F3N6. The van der Waals surface area contributed by atoms with E-state index in [9.17, 15) is 13.2 Å². The first kappa shape index (κ1) is 18.3. The number of benzene rings is 1. The van der Waals surface area contributed by atoms with Gasteiger partial charge < -0.3 is 15.2 Å². The molecule has 1 fully saturated rings. The van der Waals surface area contributed by atoms with Crippen molar-refractivity contribution in [3.8, 4) is 0 Å². The molecule has 2 N–H and O–H groups in total. The zero-order chi connectivity index (χ0) is 19.8. The van der Waals surface area contributed by atoms with Crippen LogP contribution in [-0.4, -0.2) is 39.8 Å². The fourth-order valence-electron chi connectivity index (χ4n) is 3.38. The second-order valence-corrected chi connectivity index (χ2v) is 6.79. The molecule has 0 saturated carbocycles. The number of nitrogens with zero attached hydrogens (tertiary/aromatic N) is 5. The molecule has 1 saturated heterocycles. The Bertz CT molecular complexity index is 1060. The van der Waals surface area contributed by atoms with Gasteiger partial charge in [0, 0.05) is 31.4 Å². The number of halogens is 3. The van der Waals surface area contributed by atoms with Gasteiger partial charge in [0.1, 0.15) is 6.17 Å². The molecule has 2 aromatic heterocycles. The topological polar surface area (TPSA) is 64.3 Å². The van der Waals surface area contributed by atoms with E-state index in [1.807, 2.05) is 4.90 Å². The van der Waals surface area contributed by atoms with Crippen molar-refractivity contribution in [2.45, 2.75) is 25.2 Å². The third kappa shape index (κ3) is 3.27. The zero-order valence-electron chi connectivity index (χ0n) is 14.8. The van der Waals surface area contributed by atoms with E-state index in [2.05, 4.69) is 14.8 Å². The normalized spacial score (nSPS) is 19.8. The van der Waals surface area contributed by atoms with Crippen LogP contribution in [0, 0.1) is 18.2 Å². The van der Waals surface area contributed by atoms with Crippen LogP contribution in [-0.2, 0) is 6.54 Å². The largest absolute Gasteiger partial charge is 0.340 e. The van der Waals surface area contributed by atoms with Gasteiger partial charge in [0.15, 0.2) is 11.6 Å². The second-order valence-electron chi connectivity index (χ2n) is 6.79. The van der Waals surface area contributed by atoms with Crippen molar-refractivity contribution in [1.29, 1.82) is 0 Å². The molecule has 28 heavy (non-hydrogen) atoms. The lowest BCUT2D eigenvalue weighted by atomic mass is 10.1. The summed E-state index contributed by atoms with van der Waals surface area (Å²) in [6.07, 6.45) is 0.614. The summed E-state index contributed by atoms with van der Waals surface area (Å²) in [4.78, 5) is 13.8. The molecule has 1 aliphatic rings. The molecule has 1 aliphatic heterocycles. The van der Waals surface area contributed by atoms with Gasteiger partial charge in [-0.25, -0.2) is 23.0 Å². The van der Waals surface area contributed by atoms with Crippen LogP contribution < -0.4 is 10.6 Å². The number of nitrogens with two attached hydrogens (primary N) is 1. The van der Waals surface area contributed by atoms with Crippen molar-refractivity contribution in [1.82, 2.24) is 14.5 Å². The van der Waals surface area contributed by atoms with Gasteiger partial charge in [0.05, 0.1) is 35.9 Å². The third-order valence-electron chi connectivity index (χ3n) is 4.88. The molecule has 144 valence electrons. The average molecular weight is 386 g/mol. The van der Waals surface area contributed by atoms with Crippen LogP contribution in [0.1, 0.15) is 12.1 Å². The Balaban J connectivity index is 1.79. The molecule has 2 atom stereocenters. The fourth-order valence-corrected chi connectivity index (χ4v) is 3.38. The van der Waals surface area contributed by atoms with Gasteiger partial charge in [-0.3, -0.25) is 4.98 Å². The smallest absolute Gasteiger partial charge is 0.206 e.